The molecule has 0 heterocycles. The fourth-order valence-electron chi connectivity index (χ4n) is 1.73. The molecule has 0 unspecified atom stereocenters. The number of hydrogen-bond acceptors (Lipinski definition) is 2. The van der Waals surface area contributed by atoms with E-state index >= 15 is 0 Å². The number of hydrogen-bond donors (Lipinski definition) is 1. The Kier molecular flexibility index (Phi) is 3.14. The van der Waals surface area contributed by atoms with E-state index in [9.17, 15) is 13.2 Å². The zero-order chi connectivity index (χ0) is 12.5. The van der Waals surface area contributed by atoms with Crippen molar-refractivity contribution in [3.05, 3.63) is 35.4 Å². The Morgan fingerprint density at radius 3 is 2.53 bits per heavy atom. The minimum atomic E-state index is -4.31. The van der Waals surface area contributed by atoms with Crippen LogP contribution in [0.3, 0.4) is 0 Å². The van der Waals surface area contributed by atoms with E-state index < -0.39 is 17.5 Å². The standard InChI is InChI=1S/C12H14F3NO/c13-12(14,15)10-4-1-3-9(7-10)8-17-11(16)5-2-6-11/h1,3-4,7H,2,5-6,8,16H2. The van der Waals surface area contributed by atoms with Crippen LogP contribution in [0.4, 0.5) is 13.2 Å². The SMILES string of the molecule is NC1(OCc2cccc(C(F)(F)F)c2)CCC1. The van der Waals surface area contributed by atoms with Crippen molar-refractivity contribution >= 4 is 0 Å². The second-order valence-electron chi connectivity index (χ2n) is 4.41. The number of rotatable bonds is 3. The average Bonchev–Trinajstić information content (AvgIpc) is 2.23. The van der Waals surface area contributed by atoms with Crippen molar-refractivity contribution in [3.8, 4) is 0 Å². The summed E-state index contributed by atoms with van der Waals surface area (Å²) in [5.41, 5.74) is 5.04. The molecule has 2 nitrogen and oxygen atoms in total. The fraction of sp³-hybridized carbons (Fsp3) is 0.500. The number of halogens is 3. The molecule has 1 aliphatic rings. The predicted molar refractivity (Wildman–Crippen MR) is 57.0 cm³/mol. The molecule has 0 saturated heterocycles. The van der Waals surface area contributed by atoms with Gasteiger partial charge >= 0.3 is 6.18 Å². The molecule has 94 valence electrons. The Balaban J connectivity index is 2.01. The van der Waals surface area contributed by atoms with Gasteiger partial charge in [-0.15, -0.1) is 0 Å². The Morgan fingerprint density at radius 2 is 2.00 bits per heavy atom. The average molecular weight is 245 g/mol. The molecule has 0 bridgehead atoms. The Bertz CT molecular complexity index is 399. The lowest BCUT2D eigenvalue weighted by atomic mass is 9.89. The largest absolute Gasteiger partial charge is 0.416 e. The highest BCUT2D eigenvalue weighted by molar-refractivity contribution is 5.25. The van der Waals surface area contributed by atoms with Crippen LogP contribution in [0.5, 0.6) is 0 Å². The van der Waals surface area contributed by atoms with Gasteiger partial charge in [0.25, 0.3) is 0 Å². The number of alkyl halides is 3. The van der Waals surface area contributed by atoms with Crippen molar-refractivity contribution in [2.24, 2.45) is 5.73 Å². The molecule has 1 aromatic rings. The third-order valence-electron chi connectivity index (χ3n) is 2.98. The summed E-state index contributed by atoms with van der Waals surface area (Å²) in [5, 5.41) is 0. The van der Waals surface area contributed by atoms with Gasteiger partial charge in [0.15, 0.2) is 0 Å². The zero-order valence-corrected chi connectivity index (χ0v) is 9.26. The molecule has 5 heteroatoms. The molecular weight excluding hydrogens is 231 g/mol. The summed E-state index contributed by atoms with van der Waals surface area (Å²) in [5.74, 6) is 0. The Hall–Kier alpha value is -1.07. The smallest absolute Gasteiger partial charge is 0.356 e. The van der Waals surface area contributed by atoms with E-state index in [4.69, 9.17) is 10.5 Å². The molecule has 0 aromatic heterocycles. The first kappa shape index (κ1) is 12.4. The van der Waals surface area contributed by atoms with Crippen molar-refractivity contribution in [2.45, 2.75) is 37.8 Å². The molecule has 0 amide bonds. The van der Waals surface area contributed by atoms with Crippen LogP contribution in [0.25, 0.3) is 0 Å². The third-order valence-corrected chi connectivity index (χ3v) is 2.98. The van der Waals surface area contributed by atoms with Crippen LogP contribution in [0, 0.1) is 0 Å². The Morgan fingerprint density at radius 1 is 1.29 bits per heavy atom. The molecule has 2 N–H and O–H groups in total. The van der Waals surface area contributed by atoms with Crippen molar-refractivity contribution in [2.75, 3.05) is 0 Å². The van der Waals surface area contributed by atoms with E-state index in [0.717, 1.165) is 31.4 Å². The zero-order valence-electron chi connectivity index (χ0n) is 9.26. The summed E-state index contributed by atoms with van der Waals surface area (Å²) < 4.78 is 42.8. The van der Waals surface area contributed by atoms with Crippen molar-refractivity contribution in [1.82, 2.24) is 0 Å². The summed E-state index contributed by atoms with van der Waals surface area (Å²) in [6.07, 6.45) is -1.76. The van der Waals surface area contributed by atoms with Gasteiger partial charge in [-0.3, -0.25) is 0 Å². The Labute approximate surface area is 97.6 Å². The van der Waals surface area contributed by atoms with E-state index in [1.165, 1.54) is 6.07 Å². The fourth-order valence-corrected chi connectivity index (χ4v) is 1.73. The molecule has 1 aliphatic carbocycles. The van der Waals surface area contributed by atoms with Gasteiger partial charge in [0.2, 0.25) is 0 Å². The van der Waals surface area contributed by atoms with Crippen LogP contribution in [0.15, 0.2) is 24.3 Å². The van der Waals surface area contributed by atoms with Crippen LogP contribution in [0.2, 0.25) is 0 Å². The van der Waals surface area contributed by atoms with E-state index in [0.29, 0.717) is 5.56 Å². The first-order chi connectivity index (χ1) is 7.89. The molecule has 1 fully saturated rings. The van der Waals surface area contributed by atoms with Gasteiger partial charge in [-0.25, -0.2) is 0 Å². The third kappa shape index (κ3) is 2.98. The summed E-state index contributed by atoms with van der Waals surface area (Å²) in [7, 11) is 0. The van der Waals surface area contributed by atoms with E-state index in [1.54, 1.807) is 6.07 Å². The molecule has 1 saturated carbocycles. The minimum Gasteiger partial charge on any atom is -0.356 e. The first-order valence-electron chi connectivity index (χ1n) is 5.48. The van der Waals surface area contributed by atoms with Gasteiger partial charge in [-0.1, -0.05) is 12.1 Å². The lowest BCUT2D eigenvalue weighted by Crippen LogP contribution is -2.48. The van der Waals surface area contributed by atoms with Gasteiger partial charge < -0.3 is 10.5 Å². The van der Waals surface area contributed by atoms with Crippen LogP contribution in [0.1, 0.15) is 30.4 Å². The highest BCUT2D eigenvalue weighted by Crippen LogP contribution is 2.32. The quantitative estimate of drug-likeness (QED) is 0.830. The van der Waals surface area contributed by atoms with E-state index in [-0.39, 0.29) is 6.61 Å². The summed E-state index contributed by atoms with van der Waals surface area (Å²) >= 11 is 0. The maximum atomic E-state index is 12.5. The van der Waals surface area contributed by atoms with Gasteiger partial charge in [-0.05, 0) is 37.0 Å². The number of nitrogens with two attached hydrogens (primary N) is 1. The summed E-state index contributed by atoms with van der Waals surface area (Å²) in [6, 6.07) is 5.13. The monoisotopic (exact) mass is 245 g/mol. The van der Waals surface area contributed by atoms with Gasteiger partial charge in [0.05, 0.1) is 12.2 Å². The molecular formula is C12H14F3NO. The second-order valence-corrected chi connectivity index (χ2v) is 4.41. The lowest BCUT2D eigenvalue weighted by Gasteiger charge is -2.37. The molecule has 0 aliphatic heterocycles. The van der Waals surface area contributed by atoms with Gasteiger partial charge in [0, 0.05) is 0 Å². The maximum Gasteiger partial charge on any atom is 0.416 e. The van der Waals surface area contributed by atoms with Crippen molar-refractivity contribution in [1.29, 1.82) is 0 Å². The van der Waals surface area contributed by atoms with Gasteiger partial charge in [0.1, 0.15) is 5.72 Å². The van der Waals surface area contributed by atoms with E-state index in [2.05, 4.69) is 0 Å². The molecule has 2 rings (SSSR count). The number of benzene rings is 1. The van der Waals surface area contributed by atoms with Crippen LogP contribution in [-0.2, 0) is 17.5 Å². The van der Waals surface area contributed by atoms with Crippen molar-refractivity contribution < 1.29 is 17.9 Å². The molecule has 0 atom stereocenters. The van der Waals surface area contributed by atoms with Gasteiger partial charge in [-0.2, -0.15) is 13.2 Å². The predicted octanol–water partition coefficient (Wildman–Crippen LogP) is 3.06. The second kappa shape index (κ2) is 4.31. The summed E-state index contributed by atoms with van der Waals surface area (Å²) in [6.45, 7) is 0.125. The normalized spacial score (nSPS) is 18.8. The molecule has 0 spiro atoms. The van der Waals surface area contributed by atoms with Crippen LogP contribution >= 0.6 is 0 Å². The highest BCUT2D eigenvalue weighted by atomic mass is 19.4. The number of ether oxygens (including phenoxy) is 1. The highest BCUT2D eigenvalue weighted by Gasteiger charge is 2.34. The molecule has 1 aromatic carbocycles. The van der Waals surface area contributed by atoms with Crippen molar-refractivity contribution in [3.63, 3.8) is 0 Å². The summed E-state index contributed by atoms with van der Waals surface area (Å²) in [4.78, 5) is 0. The minimum absolute atomic E-state index is 0.125. The topological polar surface area (TPSA) is 35.2 Å². The maximum absolute atomic E-state index is 12.5. The molecule has 0 radical (unpaired) electrons. The van der Waals surface area contributed by atoms with E-state index in [1.807, 2.05) is 0 Å². The first-order valence-corrected chi connectivity index (χ1v) is 5.48. The van der Waals surface area contributed by atoms with Crippen LogP contribution < -0.4 is 5.73 Å². The molecule has 17 heavy (non-hydrogen) atoms. The van der Waals surface area contributed by atoms with Crippen LogP contribution in [-0.4, -0.2) is 5.72 Å². The lowest BCUT2D eigenvalue weighted by molar-refractivity contribution is -0.137.